The Bertz CT molecular complexity index is 372. The van der Waals surface area contributed by atoms with Crippen molar-refractivity contribution in [3.63, 3.8) is 0 Å². The van der Waals surface area contributed by atoms with Crippen molar-refractivity contribution in [3.05, 3.63) is 23.2 Å². The zero-order chi connectivity index (χ0) is 13.7. The van der Waals surface area contributed by atoms with Crippen LogP contribution in [-0.2, 0) is 0 Å². The van der Waals surface area contributed by atoms with E-state index in [1.54, 1.807) is 18.2 Å². The summed E-state index contributed by atoms with van der Waals surface area (Å²) in [5, 5.41) is 0.642. The van der Waals surface area contributed by atoms with Crippen LogP contribution in [-0.4, -0.2) is 30.1 Å². The van der Waals surface area contributed by atoms with Gasteiger partial charge in [0.1, 0.15) is 12.4 Å². The largest absolute Gasteiger partial charge is 0.490 e. The summed E-state index contributed by atoms with van der Waals surface area (Å²) in [6.45, 7) is 10.2. The molecule has 0 aliphatic rings. The van der Waals surface area contributed by atoms with Gasteiger partial charge in [-0.05, 0) is 39.8 Å². The van der Waals surface area contributed by atoms with Crippen molar-refractivity contribution in [2.75, 3.05) is 18.9 Å². The molecular formula is C14H23ClN2O. The number of hydrogen-bond donors (Lipinski definition) is 1. The molecule has 1 aromatic carbocycles. The van der Waals surface area contributed by atoms with Gasteiger partial charge >= 0.3 is 0 Å². The van der Waals surface area contributed by atoms with Crippen LogP contribution in [0.3, 0.4) is 0 Å². The minimum atomic E-state index is 0.505. The number of benzene rings is 1. The fourth-order valence-electron chi connectivity index (χ4n) is 2.01. The van der Waals surface area contributed by atoms with E-state index in [2.05, 4.69) is 32.6 Å². The van der Waals surface area contributed by atoms with E-state index in [1.807, 2.05) is 0 Å². The van der Waals surface area contributed by atoms with Gasteiger partial charge in [0.25, 0.3) is 0 Å². The number of ether oxygens (including phenoxy) is 1. The van der Waals surface area contributed by atoms with Crippen LogP contribution in [0.5, 0.6) is 5.75 Å². The van der Waals surface area contributed by atoms with Crippen molar-refractivity contribution in [1.82, 2.24) is 4.90 Å². The summed E-state index contributed by atoms with van der Waals surface area (Å²) < 4.78 is 5.70. The van der Waals surface area contributed by atoms with Crippen molar-refractivity contribution >= 4 is 17.3 Å². The van der Waals surface area contributed by atoms with Gasteiger partial charge < -0.3 is 10.5 Å². The lowest BCUT2D eigenvalue weighted by molar-refractivity contribution is 0.142. The van der Waals surface area contributed by atoms with Crippen LogP contribution < -0.4 is 10.5 Å². The Hall–Kier alpha value is -0.930. The van der Waals surface area contributed by atoms with E-state index in [1.165, 1.54) is 0 Å². The number of nitrogens with two attached hydrogens (primary N) is 1. The first-order valence-corrected chi connectivity index (χ1v) is 6.73. The number of anilines is 1. The Kier molecular flexibility index (Phi) is 5.76. The van der Waals surface area contributed by atoms with Gasteiger partial charge in [-0.3, -0.25) is 4.90 Å². The van der Waals surface area contributed by atoms with E-state index >= 15 is 0 Å². The van der Waals surface area contributed by atoms with Gasteiger partial charge in [0.05, 0.1) is 5.69 Å². The zero-order valence-electron chi connectivity index (χ0n) is 11.6. The molecule has 0 amide bonds. The fraction of sp³-hybridized carbons (Fsp3) is 0.571. The lowest BCUT2D eigenvalue weighted by Gasteiger charge is -2.30. The molecule has 2 N–H and O–H groups in total. The summed E-state index contributed by atoms with van der Waals surface area (Å²) in [6, 6.07) is 6.29. The molecule has 18 heavy (non-hydrogen) atoms. The highest BCUT2D eigenvalue weighted by atomic mass is 35.5. The van der Waals surface area contributed by atoms with Gasteiger partial charge in [0, 0.05) is 29.7 Å². The van der Waals surface area contributed by atoms with Gasteiger partial charge in [-0.2, -0.15) is 0 Å². The highest BCUT2D eigenvalue weighted by molar-refractivity contribution is 6.30. The Labute approximate surface area is 115 Å². The maximum Gasteiger partial charge on any atom is 0.143 e. The molecule has 0 aliphatic carbocycles. The quantitative estimate of drug-likeness (QED) is 0.805. The van der Waals surface area contributed by atoms with Crippen LogP contribution >= 0.6 is 11.6 Å². The summed E-state index contributed by atoms with van der Waals surface area (Å²) in [5.41, 5.74) is 6.45. The van der Waals surface area contributed by atoms with Crippen molar-refractivity contribution < 1.29 is 4.74 Å². The number of hydrogen-bond acceptors (Lipinski definition) is 3. The minimum Gasteiger partial charge on any atom is -0.490 e. The molecule has 0 saturated heterocycles. The second-order valence-corrected chi connectivity index (χ2v) is 5.39. The van der Waals surface area contributed by atoms with Gasteiger partial charge in [-0.15, -0.1) is 0 Å². The second-order valence-electron chi connectivity index (χ2n) is 4.96. The third-order valence-electron chi connectivity index (χ3n) is 2.91. The summed E-state index contributed by atoms with van der Waals surface area (Å²) in [5.74, 6) is 0.662. The first-order valence-electron chi connectivity index (χ1n) is 6.35. The van der Waals surface area contributed by atoms with E-state index in [0.29, 0.717) is 35.2 Å². The molecule has 0 bridgehead atoms. The van der Waals surface area contributed by atoms with Crippen LogP contribution in [0.15, 0.2) is 18.2 Å². The molecule has 0 fully saturated rings. The molecular weight excluding hydrogens is 248 g/mol. The Balaban J connectivity index is 2.52. The van der Waals surface area contributed by atoms with Crippen LogP contribution in [0.2, 0.25) is 5.02 Å². The highest BCUT2D eigenvalue weighted by Crippen LogP contribution is 2.25. The van der Waals surface area contributed by atoms with Gasteiger partial charge in [0.2, 0.25) is 0 Å². The summed E-state index contributed by atoms with van der Waals surface area (Å²) in [4.78, 5) is 2.38. The van der Waals surface area contributed by atoms with Crippen LogP contribution in [0.25, 0.3) is 0 Å². The van der Waals surface area contributed by atoms with Gasteiger partial charge in [-0.25, -0.2) is 0 Å². The maximum atomic E-state index is 5.91. The Morgan fingerprint density at radius 2 is 1.83 bits per heavy atom. The number of nitrogen functional groups attached to an aromatic ring is 1. The second kappa shape index (κ2) is 6.86. The molecule has 0 aromatic heterocycles. The highest BCUT2D eigenvalue weighted by Gasteiger charge is 2.13. The minimum absolute atomic E-state index is 0.505. The molecule has 102 valence electrons. The van der Waals surface area contributed by atoms with Crippen molar-refractivity contribution in [3.8, 4) is 5.75 Å². The van der Waals surface area contributed by atoms with Gasteiger partial charge in [0.15, 0.2) is 0 Å². The normalized spacial score (nSPS) is 11.6. The van der Waals surface area contributed by atoms with Crippen LogP contribution in [0, 0.1) is 0 Å². The molecule has 0 unspecified atom stereocenters. The Morgan fingerprint density at radius 3 is 2.39 bits per heavy atom. The third-order valence-corrected chi connectivity index (χ3v) is 3.14. The molecule has 4 heteroatoms. The predicted octanol–water partition coefficient (Wildman–Crippen LogP) is 3.42. The average Bonchev–Trinajstić information content (AvgIpc) is 2.27. The standard InChI is InChI=1S/C14H23ClN2O/c1-10(2)17(11(3)4)7-8-18-14-9-12(15)5-6-13(14)16/h5-6,9-11H,7-8,16H2,1-4H3. The molecule has 1 rings (SSSR count). The van der Waals surface area contributed by atoms with Gasteiger partial charge in [-0.1, -0.05) is 11.6 Å². The van der Waals surface area contributed by atoms with E-state index in [-0.39, 0.29) is 0 Å². The molecule has 1 aromatic rings. The van der Waals surface area contributed by atoms with Crippen LogP contribution in [0.4, 0.5) is 5.69 Å². The van der Waals surface area contributed by atoms with Crippen LogP contribution in [0.1, 0.15) is 27.7 Å². The smallest absolute Gasteiger partial charge is 0.143 e. The number of rotatable bonds is 6. The third kappa shape index (κ3) is 4.39. The molecule has 3 nitrogen and oxygen atoms in total. The Morgan fingerprint density at radius 1 is 1.22 bits per heavy atom. The zero-order valence-corrected chi connectivity index (χ0v) is 12.4. The molecule has 0 atom stereocenters. The SMILES string of the molecule is CC(C)N(CCOc1cc(Cl)ccc1N)C(C)C. The summed E-state index contributed by atoms with van der Waals surface area (Å²) in [6.07, 6.45) is 0. The van der Waals surface area contributed by atoms with E-state index < -0.39 is 0 Å². The molecule has 0 radical (unpaired) electrons. The average molecular weight is 271 g/mol. The molecule has 0 aliphatic heterocycles. The number of nitrogens with zero attached hydrogens (tertiary/aromatic N) is 1. The predicted molar refractivity (Wildman–Crippen MR) is 78.3 cm³/mol. The fourth-order valence-corrected chi connectivity index (χ4v) is 2.17. The lowest BCUT2D eigenvalue weighted by atomic mass is 10.2. The topological polar surface area (TPSA) is 38.5 Å². The molecule has 0 saturated carbocycles. The van der Waals surface area contributed by atoms with E-state index in [0.717, 1.165) is 6.54 Å². The maximum absolute atomic E-state index is 5.91. The monoisotopic (exact) mass is 270 g/mol. The van der Waals surface area contributed by atoms with Crippen molar-refractivity contribution in [1.29, 1.82) is 0 Å². The summed E-state index contributed by atoms with van der Waals surface area (Å²) >= 11 is 5.91. The first kappa shape index (κ1) is 15.1. The molecule has 0 spiro atoms. The van der Waals surface area contributed by atoms with Crippen molar-refractivity contribution in [2.24, 2.45) is 0 Å². The molecule has 0 heterocycles. The first-order chi connectivity index (χ1) is 8.41. The lowest BCUT2D eigenvalue weighted by Crippen LogP contribution is -2.39. The van der Waals surface area contributed by atoms with E-state index in [4.69, 9.17) is 22.1 Å². The number of halogens is 1. The summed E-state index contributed by atoms with van der Waals surface area (Å²) in [7, 11) is 0. The van der Waals surface area contributed by atoms with Crippen molar-refractivity contribution in [2.45, 2.75) is 39.8 Å². The van der Waals surface area contributed by atoms with E-state index in [9.17, 15) is 0 Å².